The Morgan fingerprint density at radius 2 is 1.79 bits per heavy atom. The van der Waals surface area contributed by atoms with Gasteiger partial charge < -0.3 is 31.3 Å². The molecule has 3 aliphatic rings. The van der Waals surface area contributed by atoms with Crippen LogP contribution in [0.4, 0.5) is 0 Å². The number of aliphatic hydroxyl groups is 4. The number of likely N-dealkylation sites (N-methyl/N-ethyl adjacent to an activating group) is 1. The monoisotopic (exact) mass is 478 g/mol. The van der Waals surface area contributed by atoms with E-state index in [1.165, 1.54) is 38.1 Å². The Kier molecular flexibility index (Phi) is 4.96. The molecule has 1 saturated carbocycles. The van der Waals surface area contributed by atoms with Crippen LogP contribution in [0.5, 0.6) is 5.75 Å². The van der Waals surface area contributed by atoms with Gasteiger partial charge in [0.2, 0.25) is 5.78 Å². The van der Waals surface area contributed by atoms with Gasteiger partial charge in [0.15, 0.2) is 11.4 Å². The SMILES string of the molecule is CN(C)[C@H]1C(=O)C(C(N)=O)=C(O)[C@@]2(O)C(=O)C3=C(O)c4c(O)ccc(Cl)c4[C@](C)(O)[C@@H]3C[C@@H]12. The number of halogens is 1. The first-order valence-electron chi connectivity index (χ1n) is 10.1. The number of amides is 1. The van der Waals surface area contributed by atoms with Gasteiger partial charge in [0.05, 0.1) is 17.2 Å². The topological polar surface area (TPSA) is 182 Å². The Bertz CT molecular complexity index is 1200. The summed E-state index contributed by atoms with van der Waals surface area (Å²) >= 11 is 6.28. The van der Waals surface area contributed by atoms with Gasteiger partial charge in [-0.2, -0.15) is 0 Å². The zero-order valence-corrected chi connectivity index (χ0v) is 18.7. The Morgan fingerprint density at radius 1 is 1.18 bits per heavy atom. The van der Waals surface area contributed by atoms with E-state index in [1.54, 1.807) is 0 Å². The van der Waals surface area contributed by atoms with Crippen molar-refractivity contribution in [2.45, 2.75) is 30.6 Å². The highest BCUT2D eigenvalue weighted by molar-refractivity contribution is 6.32. The fourth-order valence-electron chi connectivity index (χ4n) is 5.58. The second-order valence-electron chi connectivity index (χ2n) is 9.08. The van der Waals surface area contributed by atoms with Crippen molar-refractivity contribution >= 4 is 34.8 Å². The molecule has 4 rings (SSSR count). The number of hydrogen-bond acceptors (Lipinski definition) is 9. The largest absolute Gasteiger partial charge is 0.508 e. The van der Waals surface area contributed by atoms with Gasteiger partial charge in [-0.15, -0.1) is 0 Å². The molecular formula is C22H23ClN2O8. The van der Waals surface area contributed by atoms with E-state index >= 15 is 0 Å². The van der Waals surface area contributed by atoms with E-state index in [1.807, 2.05) is 0 Å². The zero-order valence-electron chi connectivity index (χ0n) is 18.0. The lowest BCUT2D eigenvalue weighted by atomic mass is 9.54. The van der Waals surface area contributed by atoms with Crippen LogP contribution in [0.2, 0.25) is 5.02 Å². The van der Waals surface area contributed by atoms with Gasteiger partial charge in [-0.1, -0.05) is 11.6 Å². The minimum Gasteiger partial charge on any atom is -0.508 e. The molecule has 0 saturated heterocycles. The predicted octanol–water partition coefficient (Wildman–Crippen LogP) is 0.282. The molecule has 5 atom stereocenters. The van der Waals surface area contributed by atoms with E-state index in [9.17, 15) is 39.9 Å². The molecule has 11 heteroatoms. The van der Waals surface area contributed by atoms with Crippen LogP contribution >= 0.6 is 11.6 Å². The van der Waals surface area contributed by atoms with Gasteiger partial charge in [-0.05, 0) is 39.6 Å². The Labute approximate surface area is 193 Å². The lowest BCUT2D eigenvalue weighted by Crippen LogP contribution is -2.67. The number of hydrogen-bond donors (Lipinski definition) is 6. The second kappa shape index (κ2) is 7.04. The molecule has 1 amide bonds. The highest BCUT2D eigenvalue weighted by Crippen LogP contribution is 2.58. The predicted molar refractivity (Wildman–Crippen MR) is 115 cm³/mol. The van der Waals surface area contributed by atoms with Crippen molar-refractivity contribution in [1.82, 2.24) is 4.90 Å². The van der Waals surface area contributed by atoms with Crippen LogP contribution < -0.4 is 5.73 Å². The number of ketones is 2. The standard InChI is InChI=1S/C22H23ClN2O8/c1-21(32)7-6-8-15(25(2)3)17(28)13(20(24)31)19(30)22(8,33)18(29)11(7)16(27)12-10(26)5-4-9(23)14(12)21/h4-5,7-8,15,26-27,30,32-33H,6H2,1-3H3,(H2,24,31)/t7-,8+,15-,21-,22+/m1/s1. The number of nitrogens with two attached hydrogens (primary N) is 1. The lowest BCUT2D eigenvalue weighted by Gasteiger charge is -2.53. The summed E-state index contributed by atoms with van der Waals surface area (Å²) in [5, 5.41) is 55.2. The molecule has 10 nitrogen and oxygen atoms in total. The second-order valence-corrected chi connectivity index (χ2v) is 9.48. The summed E-state index contributed by atoms with van der Waals surface area (Å²) in [5.74, 6) is -8.30. The first-order chi connectivity index (χ1) is 15.2. The zero-order chi connectivity index (χ0) is 24.8. The van der Waals surface area contributed by atoms with Crippen molar-refractivity contribution in [3.8, 4) is 5.75 Å². The molecule has 7 N–H and O–H groups in total. The van der Waals surface area contributed by atoms with Crippen molar-refractivity contribution in [2.75, 3.05) is 14.1 Å². The maximum atomic E-state index is 13.7. The molecule has 0 unspecified atom stereocenters. The van der Waals surface area contributed by atoms with E-state index in [-0.39, 0.29) is 22.6 Å². The molecule has 0 radical (unpaired) electrons. The average Bonchev–Trinajstić information content (AvgIpc) is 2.69. The highest BCUT2D eigenvalue weighted by atomic mass is 35.5. The number of aromatic hydroxyl groups is 1. The van der Waals surface area contributed by atoms with Gasteiger partial charge in [0.1, 0.15) is 22.8 Å². The molecule has 0 aliphatic heterocycles. The van der Waals surface area contributed by atoms with Crippen LogP contribution in [0.1, 0.15) is 24.5 Å². The number of primary amides is 1. The lowest BCUT2D eigenvalue weighted by molar-refractivity contribution is -0.159. The molecule has 0 heterocycles. The maximum absolute atomic E-state index is 13.7. The summed E-state index contributed by atoms with van der Waals surface area (Å²) in [7, 11) is 2.97. The van der Waals surface area contributed by atoms with Gasteiger partial charge in [-0.25, -0.2) is 0 Å². The number of phenols is 1. The third-order valence-corrected chi connectivity index (χ3v) is 7.39. The number of carbonyl (C=O) groups excluding carboxylic acids is 3. The number of carbonyl (C=O) groups is 3. The van der Waals surface area contributed by atoms with Gasteiger partial charge >= 0.3 is 0 Å². The first-order valence-corrected chi connectivity index (χ1v) is 10.5. The van der Waals surface area contributed by atoms with Gasteiger partial charge in [-0.3, -0.25) is 19.3 Å². The summed E-state index contributed by atoms with van der Waals surface area (Å²) in [5.41, 5.74) is -1.10. The average molecular weight is 479 g/mol. The number of rotatable bonds is 2. The van der Waals surface area contributed by atoms with Crippen molar-refractivity contribution in [3.05, 3.63) is 45.2 Å². The van der Waals surface area contributed by atoms with Crippen LogP contribution in [0, 0.1) is 11.8 Å². The summed E-state index contributed by atoms with van der Waals surface area (Å²) < 4.78 is 0. The van der Waals surface area contributed by atoms with E-state index in [2.05, 4.69) is 0 Å². The van der Waals surface area contributed by atoms with Gasteiger partial charge in [0, 0.05) is 28.0 Å². The van der Waals surface area contributed by atoms with E-state index in [0.717, 1.165) is 0 Å². The normalized spacial score (nSPS) is 33.7. The number of aliphatic hydroxyl groups excluding tert-OH is 2. The minimum atomic E-state index is -2.78. The molecule has 1 fully saturated rings. The Balaban J connectivity index is 2.07. The number of benzene rings is 1. The van der Waals surface area contributed by atoms with E-state index < -0.39 is 75.0 Å². The van der Waals surface area contributed by atoms with Crippen LogP contribution in [0.15, 0.2) is 29.0 Å². The maximum Gasteiger partial charge on any atom is 0.255 e. The Morgan fingerprint density at radius 3 is 2.33 bits per heavy atom. The van der Waals surface area contributed by atoms with Crippen LogP contribution in [0.3, 0.4) is 0 Å². The summed E-state index contributed by atoms with van der Waals surface area (Å²) in [6.07, 6.45) is -0.259. The first kappa shape index (κ1) is 23.2. The fraction of sp³-hybridized carbons (Fsp3) is 0.409. The molecule has 1 aromatic rings. The summed E-state index contributed by atoms with van der Waals surface area (Å²) in [6.45, 7) is 1.34. The van der Waals surface area contributed by atoms with Crippen molar-refractivity contribution < 1.29 is 39.9 Å². The molecular weight excluding hydrogens is 456 g/mol. The molecule has 1 aromatic carbocycles. The van der Waals surface area contributed by atoms with Crippen LogP contribution in [-0.2, 0) is 20.0 Å². The van der Waals surface area contributed by atoms with E-state index in [4.69, 9.17) is 17.3 Å². The molecule has 176 valence electrons. The number of fused-ring (bicyclic) bond motifs is 3. The minimum absolute atomic E-state index is 0.0187. The summed E-state index contributed by atoms with van der Waals surface area (Å²) in [6, 6.07) is 1.24. The molecule has 33 heavy (non-hydrogen) atoms. The molecule has 3 aliphatic carbocycles. The van der Waals surface area contributed by atoms with Crippen LogP contribution in [-0.4, -0.2) is 73.6 Å². The Hall–Kier alpha value is -2.92. The molecule has 0 aromatic heterocycles. The van der Waals surface area contributed by atoms with Crippen molar-refractivity contribution in [3.63, 3.8) is 0 Å². The van der Waals surface area contributed by atoms with Gasteiger partial charge in [0.25, 0.3) is 5.91 Å². The van der Waals surface area contributed by atoms with Crippen molar-refractivity contribution in [2.24, 2.45) is 17.6 Å². The smallest absolute Gasteiger partial charge is 0.255 e. The van der Waals surface area contributed by atoms with Crippen LogP contribution in [0.25, 0.3) is 5.76 Å². The quantitative estimate of drug-likeness (QED) is 0.325. The molecule has 0 bridgehead atoms. The van der Waals surface area contributed by atoms with E-state index in [0.29, 0.717) is 0 Å². The number of Topliss-reactive ketones (excluding diaryl/α,β-unsaturated/α-hetero) is 2. The number of phenolic OH excluding ortho intramolecular Hbond substituents is 1. The fourth-order valence-corrected chi connectivity index (χ4v) is 5.93. The third-order valence-electron chi connectivity index (χ3n) is 7.07. The summed E-state index contributed by atoms with van der Waals surface area (Å²) in [4.78, 5) is 40.1. The number of nitrogens with zero attached hydrogens (tertiary/aromatic N) is 1. The molecule has 0 spiro atoms. The highest BCUT2D eigenvalue weighted by Gasteiger charge is 2.66. The van der Waals surface area contributed by atoms with Crippen molar-refractivity contribution in [1.29, 1.82) is 0 Å². The third kappa shape index (κ3) is 2.75.